The summed E-state index contributed by atoms with van der Waals surface area (Å²) in [6, 6.07) is 10.3. The molecular formula is C26H27N7O5S. The van der Waals surface area contributed by atoms with Gasteiger partial charge < -0.3 is 29.7 Å². The summed E-state index contributed by atoms with van der Waals surface area (Å²) in [5.74, 6) is 0.691. The molecule has 0 spiro atoms. The zero-order valence-corrected chi connectivity index (χ0v) is 22.2. The van der Waals surface area contributed by atoms with Crippen molar-refractivity contribution in [2.75, 3.05) is 29.9 Å². The van der Waals surface area contributed by atoms with Gasteiger partial charge in [0.1, 0.15) is 17.1 Å². The first-order valence-corrected chi connectivity index (χ1v) is 13.8. The van der Waals surface area contributed by atoms with E-state index >= 15 is 0 Å². The number of benzene rings is 2. The van der Waals surface area contributed by atoms with Gasteiger partial charge in [0, 0.05) is 30.8 Å². The van der Waals surface area contributed by atoms with Crippen molar-refractivity contribution in [3.05, 3.63) is 82.8 Å². The highest BCUT2D eigenvalue weighted by Gasteiger charge is 2.18. The van der Waals surface area contributed by atoms with Crippen LogP contribution in [0.15, 0.2) is 66.1 Å². The first-order valence-electron chi connectivity index (χ1n) is 11.9. The number of nitrogens with one attached hydrogen (secondary N) is 4. The van der Waals surface area contributed by atoms with E-state index in [2.05, 4.69) is 25.0 Å². The normalized spacial score (nSPS) is 12.4. The maximum Gasteiger partial charge on any atom is 0.261 e. The Hall–Kier alpha value is -4.62. The SMILES string of the molecule is COc1ccc(C(O)CNc2cc[nH]c(=O)c2-c2nc3c(C)cc(-n4ccnc4)cc3[nH]2)cc1NS(C)(=O)=O. The number of rotatable bonds is 9. The molecule has 12 nitrogen and oxygen atoms in total. The molecule has 0 aliphatic rings. The van der Waals surface area contributed by atoms with Gasteiger partial charge in [-0.25, -0.2) is 18.4 Å². The van der Waals surface area contributed by atoms with Gasteiger partial charge in [-0.05, 0) is 48.4 Å². The van der Waals surface area contributed by atoms with Crippen molar-refractivity contribution in [2.45, 2.75) is 13.0 Å². The summed E-state index contributed by atoms with van der Waals surface area (Å²) >= 11 is 0. The van der Waals surface area contributed by atoms with Crippen LogP contribution in [0.2, 0.25) is 0 Å². The van der Waals surface area contributed by atoms with E-state index in [1.54, 1.807) is 30.7 Å². The third-order valence-corrected chi connectivity index (χ3v) is 6.74. The summed E-state index contributed by atoms with van der Waals surface area (Å²) in [4.78, 5) is 27.6. The molecule has 2 aromatic carbocycles. The van der Waals surface area contributed by atoms with Gasteiger partial charge in [0.2, 0.25) is 10.0 Å². The molecule has 5 aromatic rings. The molecule has 0 aliphatic heterocycles. The van der Waals surface area contributed by atoms with E-state index in [1.165, 1.54) is 19.4 Å². The lowest BCUT2D eigenvalue weighted by atomic mass is 10.1. The fourth-order valence-corrected chi connectivity index (χ4v) is 4.91. The number of aliphatic hydroxyl groups excluding tert-OH is 1. The lowest BCUT2D eigenvalue weighted by Gasteiger charge is -2.17. The Morgan fingerprint density at radius 1 is 1.18 bits per heavy atom. The Balaban J connectivity index is 1.44. The minimum Gasteiger partial charge on any atom is -0.495 e. The van der Waals surface area contributed by atoms with Gasteiger partial charge in [-0.3, -0.25) is 9.52 Å². The Morgan fingerprint density at radius 2 is 2.00 bits per heavy atom. The Kier molecular flexibility index (Phi) is 6.85. The van der Waals surface area contributed by atoms with Crippen LogP contribution in [0.3, 0.4) is 0 Å². The molecule has 0 fully saturated rings. The van der Waals surface area contributed by atoms with Crippen LogP contribution < -0.4 is 20.3 Å². The first-order chi connectivity index (χ1) is 18.6. The number of pyridine rings is 1. The number of anilines is 2. The lowest BCUT2D eigenvalue weighted by molar-refractivity contribution is 0.191. The Bertz CT molecular complexity index is 1810. The molecule has 0 aliphatic carbocycles. The van der Waals surface area contributed by atoms with Crippen LogP contribution in [0.4, 0.5) is 11.4 Å². The van der Waals surface area contributed by atoms with Gasteiger partial charge in [0.15, 0.2) is 0 Å². The molecule has 0 radical (unpaired) electrons. The molecule has 5 N–H and O–H groups in total. The summed E-state index contributed by atoms with van der Waals surface area (Å²) in [5.41, 5.74) is 4.37. The van der Waals surface area contributed by atoms with Crippen LogP contribution in [0.25, 0.3) is 28.1 Å². The topological polar surface area (TPSA) is 167 Å². The van der Waals surface area contributed by atoms with Crippen molar-refractivity contribution < 1.29 is 18.3 Å². The summed E-state index contributed by atoms with van der Waals surface area (Å²) < 4.78 is 33.0. The number of fused-ring (bicyclic) bond motifs is 1. The van der Waals surface area contributed by atoms with E-state index < -0.39 is 16.1 Å². The fourth-order valence-electron chi connectivity index (χ4n) is 4.35. The largest absolute Gasteiger partial charge is 0.495 e. The molecule has 0 bridgehead atoms. The summed E-state index contributed by atoms with van der Waals surface area (Å²) in [7, 11) is -2.14. The number of hydrogen-bond acceptors (Lipinski definition) is 8. The molecule has 0 saturated carbocycles. The van der Waals surface area contributed by atoms with E-state index in [-0.39, 0.29) is 17.8 Å². The second-order valence-electron chi connectivity index (χ2n) is 9.04. The average Bonchev–Trinajstić information content (AvgIpc) is 3.57. The van der Waals surface area contributed by atoms with Crippen molar-refractivity contribution in [3.8, 4) is 22.8 Å². The standard InChI is InChI=1S/C26H27N7O5S/c1-15-10-17(33-9-8-27-14-33)12-20-24(15)31-25(30-20)23-18(6-7-28-26(23)35)29-13-21(34)16-4-5-22(38-2)19(11-16)32-39(3,36)37/h4-12,14,21,32,34H,13H2,1-3H3,(H,30,31)(H2,28,29,35). The Labute approximate surface area is 223 Å². The Morgan fingerprint density at radius 3 is 2.72 bits per heavy atom. The molecule has 202 valence electrons. The van der Waals surface area contributed by atoms with Crippen molar-refractivity contribution in [2.24, 2.45) is 0 Å². The zero-order chi connectivity index (χ0) is 27.7. The molecule has 39 heavy (non-hydrogen) atoms. The number of aryl methyl sites for hydroxylation is 1. The smallest absolute Gasteiger partial charge is 0.261 e. The molecule has 5 rings (SSSR count). The van der Waals surface area contributed by atoms with Crippen molar-refractivity contribution in [3.63, 3.8) is 0 Å². The average molecular weight is 550 g/mol. The maximum atomic E-state index is 12.9. The van der Waals surface area contributed by atoms with Gasteiger partial charge in [-0.1, -0.05) is 6.07 Å². The third-order valence-electron chi connectivity index (χ3n) is 6.15. The fraction of sp³-hybridized carbons (Fsp3) is 0.192. The number of ether oxygens (including phenoxy) is 1. The molecule has 3 aromatic heterocycles. The molecule has 1 atom stereocenters. The highest BCUT2D eigenvalue weighted by Crippen LogP contribution is 2.30. The van der Waals surface area contributed by atoms with Gasteiger partial charge in [-0.15, -0.1) is 0 Å². The molecule has 0 amide bonds. The van der Waals surface area contributed by atoms with E-state index in [9.17, 15) is 18.3 Å². The van der Waals surface area contributed by atoms with Crippen LogP contribution in [0.1, 0.15) is 17.2 Å². The van der Waals surface area contributed by atoms with Crippen LogP contribution in [-0.2, 0) is 10.0 Å². The minimum absolute atomic E-state index is 0.0329. The third kappa shape index (κ3) is 5.49. The number of aromatic amines is 2. The number of aliphatic hydroxyl groups is 1. The van der Waals surface area contributed by atoms with Crippen molar-refractivity contribution in [1.29, 1.82) is 0 Å². The van der Waals surface area contributed by atoms with Gasteiger partial charge >= 0.3 is 0 Å². The number of H-pyrrole nitrogens is 2. The van der Waals surface area contributed by atoms with Crippen LogP contribution >= 0.6 is 0 Å². The second kappa shape index (κ2) is 10.3. The number of hydrogen-bond donors (Lipinski definition) is 5. The predicted octanol–water partition coefficient (Wildman–Crippen LogP) is 2.94. The minimum atomic E-state index is -3.56. The molecule has 1 unspecified atom stereocenters. The molecular weight excluding hydrogens is 522 g/mol. The van der Waals surface area contributed by atoms with E-state index in [1.807, 2.05) is 29.8 Å². The van der Waals surface area contributed by atoms with Gasteiger partial charge in [0.25, 0.3) is 5.56 Å². The van der Waals surface area contributed by atoms with Gasteiger partial charge in [-0.2, -0.15) is 0 Å². The molecule has 0 saturated heterocycles. The van der Waals surface area contributed by atoms with Crippen LogP contribution in [0.5, 0.6) is 5.75 Å². The number of nitrogens with zero attached hydrogens (tertiary/aromatic N) is 3. The van der Waals surface area contributed by atoms with Crippen molar-refractivity contribution >= 4 is 32.4 Å². The lowest BCUT2D eigenvalue weighted by Crippen LogP contribution is -2.17. The first kappa shape index (κ1) is 26.0. The summed E-state index contributed by atoms with van der Waals surface area (Å²) in [5, 5.41) is 14.0. The van der Waals surface area contributed by atoms with Crippen LogP contribution in [0, 0.1) is 6.92 Å². The second-order valence-corrected chi connectivity index (χ2v) is 10.8. The monoisotopic (exact) mass is 549 g/mol. The number of aromatic nitrogens is 5. The number of methoxy groups -OCH3 is 1. The van der Waals surface area contributed by atoms with Gasteiger partial charge in [0.05, 0.1) is 48.2 Å². The molecule has 3 heterocycles. The predicted molar refractivity (Wildman–Crippen MR) is 149 cm³/mol. The highest BCUT2D eigenvalue weighted by molar-refractivity contribution is 7.92. The maximum absolute atomic E-state index is 12.9. The molecule has 13 heteroatoms. The summed E-state index contributed by atoms with van der Waals surface area (Å²) in [6.07, 6.45) is 6.75. The summed E-state index contributed by atoms with van der Waals surface area (Å²) in [6.45, 7) is 1.98. The highest BCUT2D eigenvalue weighted by atomic mass is 32.2. The van der Waals surface area contributed by atoms with E-state index in [0.717, 1.165) is 28.5 Å². The van der Waals surface area contributed by atoms with Crippen molar-refractivity contribution in [1.82, 2.24) is 24.5 Å². The quantitative estimate of drug-likeness (QED) is 0.187. The van der Waals surface area contributed by atoms with E-state index in [0.29, 0.717) is 28.4 Å². The van der Waals surface area contributed by atoms with Crippen LogP contribution in [-0.4, -0.2) is 57.9 Å². The van der Waals surface area contributed by atoms with E-state index in [4.69, 9.17) is 9.72 Å². The number of sulfonamides is 1. The number of imidazole rings is 2. The zero-order valence-electron chi connectivity index (χ0n) is 21.4.